The zero-order chi connectivity index (χ0) is 17.4. The SMILES string of the molecule is O=C(c1ccc(Cl)c(N(O)O)c1)N1CC(CO)c2ccc(Br)cc21. The average molecular weight is 414 g/mol. The topological polar surface area (TPSA) is 84.2 Å². The Morgan fingerprint density at radius 3 is 2.71 bits per heavy atom. The number of aliphatic hydroxyl groups excluding tert-OH is 1. The molecular weight excluding hydrogens is 400 g/mol. The zero-order valence-corrected chi connectivity index (χ0v) is 14.7. The van der Waals surface area contributed by atoms with Crippen molar-refractivity contribution < 1.29 is 20.3 Å². The molecule has 3 N–H and O–H groups in total. The summed E-state index contributed by atoms with van der Waals surface area (Å²) < 4.78 is 0.825. The van der Waals surface area contributed by atoms with Gasteiger partial charge in [-0.15, -0.1) is 5.23 Å². The fourth-order valence-corrected chi connectivity index (χ4v) is 3.36. The number of hydrogen-bond donors (Lipinski definition) is 3. The van der Waals surface area contributed by atoms with Crippen LogP contribution in [-0.2, 0) is 0 Å². The van der Waals surface area contributed by atoms with Gasteiger partial charge in [0.2, 0.25) is 0 Å². The molecular formula is C16H14BrClN2O4. The summed E-state index contributed by atoms with van der Waals surface area (Å²) in [6, 6.07) is 9.81. The Bertz CT molecular complexity index is 800. The van der Waals surface area contributed by atoms with Gasteiger partial charge in [-0.05, 0) is 35.9 Å². The second-order valence-corrected chi connectivity index (χ2v) is 6.78. The van der Waals surface area contributed by atoms with Gasteiger partial charge in [-0.2, -0.15) is 0 Å². The second-order valence-electron chi connectivity index (χ2n) is 5.45. The number of carbonyl (C=O) groups is 1. The third-order valence-electron chi connectivity index (χ3n) is 4.00. The van der Waals surface area contributed by atoms with Crippen molar-refractivity contribution in [3.05, 3.63) is 57.0 Å². The lowest BCUT2D eigenvalue weighted by Gasteiger charge is -2.19. The molecule has 126 valence electrons. The van der Waals surface area contributed by atoms with Crippen LogP contribution >= 0.6 is 27.5 Å². The Balaban J connectivity index is 2.00. The van der Waals surface area contributed by atoms with Gasteiger partial charge < -0.3 is 10.0 Å². The quantitative estimate of drug-likeness (QED) is 0.672. The van der Waals surface area contributed by atoms with E-state index in [1.807, 2.05) is 18.2 Å². The standard InChI is InChI=1S/C16H14BrClN2O4/c17-11-2-3-12-10(8-21)7-19(14(12)6-11)16(22)9-1-4-13(18)15(5-9)20(23)24/h1-6,10,21,23-24H,7-8H2. The zero-order valence-electron chi connectivity index (χ0n) is 12.4. The van der Waals surface area contributed by atoms with Crippen molar-refractivity contribution in [2.24, 2.45) is 0 Å². The largest absolute Gasteiger partial charge is 0.396 e. The number of amides is 1. The number of benzene rings is 2. The summed E-state index contributed by atoms with van der Waals surface area (Å²) in [5.74, 6) is -0.471. The van der Waals surface area contributed by atoms with Crippen LogP contribution in [0.4, 0.5) is 11.4 Å². The van der Waals surface area contributed by atoms with Crippen molar-refractivity contribution in [1.82, 2.24) is 0 Å². The van der Waals surface area contributed by atoms with Gasteiger partial charge in [0.05, 0.1) is 11.6 Å². The third-order valence-corrected chi connectivity index (χ3v) is 4.81. The molecule has 0 fully saturated rings. The first-order valence-electron chi connectivity index (χ1n) is 7.12. The first-order chi connectivity index (χ1) is 11.4. The summed E-state index contributed by atoms with van der Waals surface area (Å²) in [4.78, 5) is 14.4. The van der Waals surface area contributed by atoms with Gasteiger partial charge in [0.15, 0.2) is 0 Å². The van der Waals surface area contributed by atoms with Crippen LogP contribution in [0, 0.1) is 0 Å². The smallest absolute Gasteiger partial charge is 0.258 e. The van der Waals surface area contributed by atoms with Gasteiger partial charge in [-0.25, -0.2) is 0 Å². The van der Waals surface area contributed by atoms with E-state index in [2.05, 4.69) is 15.9 Å². The Hall–Kier alpha value is -1.64. The summed E-state index contributed by atoms with van der Waals surface area (Å²) >= 11 is 9.27. The molecule has 3 rings (SSSR count). The van der Waals surface area contributed by atoms with Crippen LogP contribution < -0.4 is 10.1 Å². The van der Waals surface area contributed by atoms with E-state index in [9.17, 15) is 20.3 Å². The molecule has 1 aliphatic heterocycles. The van der Waals surface area contributed by atoms with Gasteiger partial charge >= 0.3 is 0 Å². The molecule has 0 bridgehead atoms. The fraction of sp³-hybridized carbons (Fsp3) is 0.188. The normalized spacial score (nSPS) is 16.2. The molecule has 1 heterocycles. The van der Waals surface area contributed by atoms with Crippen LogP contribution in [0.25, 0.3) is 0 Å². The monoisotopic (exact) mass is 412 g/mol. The van der Waals surface area contributed by atoms with E-state index in [0.29, 0.717) is 6.54 Å². The van der Waals surface area contributed by atoms with Gasteiger partial charge in [0.1, 0.15) is 5.69 Å². The van der Waals surface area contributed by atoms with Crippen LogP contribution in [0.1, 0.15) is 21.8 Å². The molecule has 1 aliphatic rings. The lowest BCUT2D eigenvalue weighted by atomic mass is 10.0. The number of rotatable bonds is 3. The number of anilines is 2. The molecule has 0 aliphatic carbocycles. The highest BCUT2D eigenvalue weighted by atomic mass is 79.9. The molecule has 0 saturated carbocycles. The highest BCUT2D eigenvalue weighted by Gasteiger charge is 2.32. The van der Waals surface area contributed by atoms with Gasteiger partial charge in [0.25, 0.3) is 5.91 Å². The van der Waals surface area contributed by atoms with E-state index >= 15 is 0 Å². The lowest BCUT2D eigenvalue weighted by Crippen LogP contribution is -2.30. The summed E-state index contributed by atoms with van der Waals surface area (Å²) in [5, 5.41) is 27.9. The molecule has 0 aromatic heterocycles. The Kier molecular flexibility index (Phi) is 4.80. The van der Waals surface area contributed by atoms with Gasteiger partial charge in [-0.3, -0.25) is 15.2 Å². The summed E-state index contributed by atoms with van der Waals surface area (Å²) in [6.45, 7) is 0.284. The van der Waals surface area contributed by atoms with Crippen molar-refractivity contribution in [1.29, 1.82) is 0 Å². The maximum absolute atomic E-state index is 12.9. The van der Waals surface area contributed by atoms with E-state index in [0.717, 1.165) is 15.7 Å². The average Bonchev–Trinajstić information content (AvgIpc) is 2.92. The summed E-state index contributed by atoms with van der Waals surface area (Å²) in [6.07, 6.45) is 0. The van der Waals surface area contributed by atoms with Crippen molar-refractivity contribution in [2.75, 3.05) is 23.3 Å². The van der Waals surface area contributed by atoms with E-state index in [-0.39, 0.29) is 39.9 Å². The minimum Gasteiger partial charge on any atom is -0.396 e. The molecule has 1 unspecified atom stereocenters. The van der Waals surface area contributed by atoms with Crippen molar-refractivity contribution >= 4 is 44.8 Å². The Morgan fingerprint density at radius 1 is 1.29 bits per heavy atom. The number of fused-ring (bicyclic) bond motifs is 1. The molecule has 8 heteroatoms. The first-order valence-corrected chi connectivity index (χ1v) is 8.29. The molecule has 2 aromatic carbocycles. The maximum atomic E-state index is 12.9. The van der Waals surface area contributed by atoms with Gasteiger partial charge in [0, 0.05) is 28.2 Å². The molecule has 2 aromatic rings. The predicted molar refractivity (Wildman–Crippen MR) is 93.1 cm³/mol. The van der Waals surface area contributed by atoms with Crippen LogP contribution in [0.5, 0.6) is 0 Å². The van der Waals surface area contributed by atoms with E-state index in [4.69, 9.17) is 11.6 Å². The summed E-state index contributed by atoms with van der Waals surface area (Å²) in [5.41, 5.74) is 1.78. The lowest BCUT2D eigenvalue weighted by molar-refractivity contribution is 0.0292. The summed E-state index contributed by atoms with van der Waals surface area (Å²) in [7, 11) is 0. The van der Waals surface area contributed by atoms with E-state index in [1.54, 1.807) is 4.90 Å². The number of halogens is 2. The molecule has 0 radical (unpaired) electrons. The van der Waals surface area contributed by atoms with Crippen molar-refractivity contribution in [3.63, 3.8) is 0 Å². The highest BCUT2D eigenvalue weighted by Crippen LogP contribution is 2.39. The van der Waals surface area contributed by atoms with E-state index in [1.165, 1.54) is 18.2 Å². The highest BCUT2D eigenvalue weighted by molar-refractivity contribution is 9.10. The fourth-order valence-electron chi connectivity index (χ4n) is 2.82. The third kappa shape index (κ3) is 3.01. The minimum atomic E-state index is -0.315. The van der Waals surface area contributed by atoms with E-state index < -0.39 is 0 Å². The minimum absolute atomic E-state index is 0.0641. The van der Waals surface area contributed by atoms with Crippen LogP contribution in [-0.4, -0.2) is 34.6 Å². The number of aliphatic hydroxyl groups is 1. The number of carbonyl (C=O) groups excluding carboxylic acids is 1. The molecule has 0 saturated heterocycles. The molecule has 0 spiro atoms. The van der Waals surface area contributed by atoms with Crippen LogP contribution in [0.15, 0.2) is 40.9 Å². The second kappa shape index (κ2) is 6.70. The van der Waals surface area contributed by atoms with Crippen molar-refractivity contribution in [3.8, 4) is 0 Å². The molecule has 6 nitrogen and oxygen atoms in total. The Labute approximate surface area is 151 Å². The number of nitrogens with zero attached hydrogens (tertiary/aromatic N) is 2. The van der Waals surface area contributed by atoms with Crippen LogP contribution in [0.2, 0.25) is 5.02 Å². The van der Waals surface area contributed by atoms with Gasteiger partial charge in [-0.1, -0.05) is 33.6 Å². The maximum Gasteiger partial charge on any atom is 0.258 e. The molecule has 24 heavy (non-hydrogen) atoms. The first kappa shape index (κ1) is 17.2. The Morgan fingerprint density at radius 2 is 2.04 bits per heavy atom. The molecule has 1 amide bonds. The van der Waals surface area contributed by atoms with Crippen molar-refractivity contribution in [2.45, 2.75) is 5.92 Å². The molecule has 1 atom stereocenters. The number of hydrogen-bond acceptors (Lipinski definition) is 5. The van der Waals surface area contributed by atoms with Crippen LogP contribution in [0.3, 0.4) is 0 Å². The predicted octanol–water partition coefficient (Wildman–Crippen LogP) is 3.42.